The molecule has 4 rings (SSSR count). The molecule has 1 amide bonds. The Balaban J connectivity index is 1.55. The minimum atomic E-state index is -1.88. The number of hydrogen-bond donors (Lipinski definition) is 1. The van der Waals surface area contributed by atoms with E-state index in [-0.39, 0.29) is 18.5 Å². The number of aryl methyl sites for hydroxylation is 2. The minimum Gasteiger partial charge on any atom is -0.458 e. The van der Waals surface area contributed by atoms with Gasteiger partial charge in [-0.2, -0.15) is 5.26 Å². The van der Waals surface area contributed by atoms with Crippen LogP contribution in [0.25, 0.3) is 0 Å². The van der Waals surface area contributed by atoms with E-state index in [9.17, 15) is 14.9 Å². The van der Waals surface area contributed by atoms with E-state index in [1.165, 1.54) is 12.8 Å². The second-order valence-electron chi connectivity index (χ2n) is 9.89. The van der Waals surface area contributed by atoms with Gasteiger partial charge in [-0.25, -0.2) is 4.79 Å². The van der Waals surface area contributed by atoms with Crippen LogP contribution in [0, 0.1) is 25.2 Å². The second kappa shape index (κ2) is 10.3. The molecule has 2 aromatic carbocycles. The van der Waals surface area contributed by atoms with E-state index in [0.717, 1.165) is 60.4 Å². The zero-order valence-electron chi connectivity index (χ0n) is 20.2. The first-order valence-electron chi connectivity index (χ1n) is 12.3. The van der Waals surface area contributed by atoms with Crippen molar-refractivity contribution in [1.82, 2.24) is 0 Å². The van der Waals surface area contributed by atoms with Gasteiger partial charge in [0.15, 0.2) is 11.3 Å². The first-order chi connectivity index (χ1) is 16.4. The zero-order valence-corrected chi connectivity index (χ0v) is 21.1. The summed E-state index contributed by atoms with van der Waals surface area (Å²) in [6.45, 7) is 4.14. The lowest BCUT2D eigenvalue weighted by molar-refractivity contribution is -0.141. The maximum Gasteiger partial charge on any atom is 0.344 e. The summed E-state index contributed by atoms with van der Waals surface area (Å²) in [5.41, 5.74) is 4.18. The van der Waals surface area contributed by atoms with Gasteiger partial charge in [-0.15, -0.1) is 0 Å². The highest BCUT2D eigenvalue weighted by atomic mass is 31.2. The summed E-state index contributed by atoms with van der Waals surface area (Å²) in [4.78, 5) is 26.9. The number of nitrogens with one attached hydrogen (secondary N) is 1. The van der Waals surface area contributed by atoms with Gasteiger partial charge in [0.2, 0.25) is 0 Å². The summed E-state index contributed by atoms with van der Waals surface area (Å²) in [5, 5.41) is 12.1. The molecule has 178 valence electrons. The number of anilines is 1. The summed E-state index contributed by atoms with van der Waals surface area (Å²) in [5.74, 6) is -0.0987. The highest BCUT2D eigenvalue weighted by molar-refractivity contribution is 7.79. The van der Waals surface area contributed by atoms with Gasteiger partial charge in [0, 0.05) is 25.8 Å². The molecule has 0 spiro atoms. The monoisotopic (exact) mass is 477 g/mol. The fraction of sp³-hybridized carbons (Fsp3) is 0.464. The van der Waals surface area contributed by atoms with E-state index in [0.29, 0.717) is 11.7 Å². The molecule has 1 saturated heterocycles. The third-order valence-electron chi connectivity index (χ3n) is 7.55. The normalized spacial score (nSPS) is 18.3. The lowest BCUT2D eigenvalue weighted by Gasteiger charge is -2.33. The number of ether oxygens (including phenoxy) is 1. The number of carbonyl (C=O) groups is 2. The molecule has 0 unspecified atom stereocenters. The molecule has 1 aliphatic heterocycles. The van der Waals surface area contributed by atoms with Crippen LogP contribution >= 0.6 is 7.26 Å². The maximum atomic E-state index is 13.8. The maximum absolute atomic E-state index is 13.8. The summed E-state index contributed by atoms with van der Waals surface area (Å²) < 4.78 is 5.71. The molecule has 34 heavy (non-hydrogen) atoms. The van der Waals surface area contributed by atoms with Gasteiger partial charge in [-0.05, 0) is 68.4 Å². The Kier molecular flexibility index (Phi) is 7.39. The molecule has 2 aliphatic rings. The number of rotatable bonds is 7. The van der Waals surface area contributed by atoms with Gasteiger partial charge in [-0.3, -0.25) is 4.79 Å². The van der Waals surface area contributed by atoms with Crippen molar-refractivity contribution in [2.24, 2.45) is 0 Å². The third kappa shape index (κ3) is 5.03. The molecule has 5 nitrogen and oxygen atoms in total. The molecule has 0 radical (unpaired) electrons. The van der Waals surface area contributed by atoms with Crippen LogP contribution in [0.3, 0.4) is 0 Å². The number of nitriles is 1. The molecule has 0 atom stereocenters. The van der Waals surface area contributed by atoms with Crippen molar-refractivity contribution < 1.29 is 14.3 Å². The average molecular weight is 478 g/mol. The molecular weight excluding hydrogens is 443 g/mol. The molecule has 2 aromatic rings. The Morgan fingerprint density at radius 3 is 2.21 bits per heavy atom. The van der Waals surface area contributed by atoms with Crippen LogP contribution in [0.1, 0.15) is 60.8 Å². The molecule has 0 aromatic heterocycles. The molecule has 1 aliphatic carbocycles. The number of carbonyl (C=O) groups excluding carboxylic acids is 2. The Morgan fingerprint density at radius 1 is 1.03 bits per heavy atom. The lowest BCUT2D eigenvalue weighted by atomic mass is 10.0. The Labute approximate surface area is 203 Å². The standard InChI is InChI=1S/C28H33N2O3P/c1-21-16-24(18-29)17-22(2)26(21)30-27(32)28(12-13-28)34(14-8-3-4-9-15-34)20-25(31)33-19-23-10-6-5-7-11-23/h5-7,10-11,16-17H,3-4,8-9,12-15,19-20H2,1-2H3/p+1. The number of esters is 1. The van der Waals surface area contributed by atoms with Gasteiger partial charge in [0.25, 0.3) is 5.91 Å². The van der Waals surface area contributed by atoms with Crippen molar-refractivity contribution >= 4 is 24.8 Å². The van der Waals surface area contributed by atoms with Gasteiger partial charge in [0.1, 0.15) is 6.61 Å². The van der Waals surface area contributed by atoms with Crippen molar-refractivity contribution in [2.75, 3.05) is 23.8 Å². The Hall–Kier alpha value is -2.70. The number of benzene rings is 2. The van der Waals surface area contributed by atoms with Gasteiger partial charge < -0.3 is 10.1 Å². The van der Waals surface area contributed by atoms with E-state index in [4.69, 9.17) is 4.74 Å². The summed E-state index contributed by atoms with van der Waals surface area (Å²) in [7, 11) is -1.88. The van der Waals surface area contributed by atoms with Crippen LogP contribution in [0.2, 0.25) is 0 Å². The molecule has 1 N–H and O–H groups in total. The average Bonchev–Trinajstić information content (AvgIpc) is 3.66. The molecular formula is C28H34N2O3P+. The van der Waals surface area contributed by atoms with Crippen molar-refractivity contribution in [1.29, 1.82) is 5.26 Å². The van der Waals surface area contributed by atoms with Gasteiger partial charge >= 0.3 is 5.97 Å². The van der Waals surface area contributed by atoms with Crippen LogP contribution in [0.15, 0.2) is 42.5 Å². The molecule has 2 fully saturated rings. The first kappa shape index (κ1) is 24.4. The van der Waals surface area contributed by atoms with Crippen molar-refractivity contribution in [2.45, 2.75) is 64.1 Å². The minimum absolute atomic E-state index is 0.0644. The fourth-order valence-electron chi connectivity index (χ4n) is 5.55. The highest BCUT2D eigenvalue weighted by Crippen LogP contribution is 2.79. The quantitative estimate of drug-likeness (QED) is 0.393. The van der Waals surface area contributed by atoms with E-state index < -0.39 is 12.4 Å². The largest absolute Gasteiger partial charge is 0.458 e. The van der Waals surface area contributed by atoms with Crippen LogP contribution in [-0.4, -0.2) is 35.5 Å². The van der Waals surface area contributed by atoms with Crippen LogP contribution < -0.4 is 5.32 Å². The van der Waals surface area contributed by atoms with Crippen molar-refractivity contribution in [3.8, 4) is 6.07 Å². The second-order valence-corrected chi connectivity index (χ2v) is 14.3. The van der Waals surface area contributed by atoms with E-state index >= 15 is 0 Å². The zero-order chi connectivity index (χ0) is 24.2. The van der Waals surface area contributed by atoms with Gasteiger partial charge in [0.05, 0.1) is 24.0 Å². The van der Waals surface area contributed by atoms with Crippen molar-refractivity contribution in [3.05, 3.63) is 64.7 Å². The van der Waals surface area contributed by atoms with E-state index in [2.05, 4.69) is 11.4 Å². The number of hydrogen-bond acceptors (Lipinski definition) is 4. The molecule has 0 bridgehead atoms. The van der Waals surface area contributed by atoms with Crippen LogP contribution in [-0.2, 0) is 20.9 Å². The number of nitrogens with zero attached hydrogens (tertiary/aromatic N) is 1. The summed E-state index contributed by atoms with van der Waals surface area (Å²) >= 11 is 0. The van der Waals surface area contributed by atoms with E-state index in [1.54, 1.807) is 0 Å². The Bertz CT molecular complexity index is 1070. The number of amides is 1. The predicted octanol–water partition coefficient (Wildman–Crippen LogP) is 5.98. The van der Waals surface area contributed by atoms with Crippen molar-refractivity contribution in [3.63, 3.8) is 0 Å². The van der Waals surface area contributed by atoms with E-state index in [1.807, 2.05) is 56.3 Å². The SMILES string of the molecule is Cc1cc(C#N)cc(C)c1NC(=O)C1([P+]2(CC(=O)OCc3ccccc3)CCCCCC2)CC1. The lowest BCUT2D eigenvalue weighted by Crippen LogP contribution is -2.38. The summed E-state index contributed by atoms with van der Waals surface area (Å²) in [6, 6.07) is 15.6. The molecule has 6 heteroatoms. The third-order valence-corrected chi connectivity index (χ3v) is 13.2. The topological polar surface area (TPSA) is 79.2 Å². The predicted molar refractivity (Wildman–Crippen MR) is 137 cm³/mol. The molecule has 1 saturated carbocycles. The van der Waals surface area contributed by atoms with Crippen LogP contribution in [0.4, 0.5) is 5.69 Å². The fourth-order valence-corrected chi connectivity index (χ4v) is 11.0. The van der Waals surface area contributed by atoms with Crippen LogP contribution in [0.5, 0.6) is 0 Å². The highest BCUT2D eigenvalue weighted by Gasteiger charge is 2.70. The van der Waals surface area contributed by atoms with Gasteiger partial charge in [-0.1, -0.05) is 30.3 Å². The smallest absolute Gasteiger partial charge is 0.344 e. The Morgan fingerprint density at radius 2 is 1.65 bits per heavy atom. The molecule has 1 heterocycles. The summed E-state index contributed by atoms with van der Waals surface area (Å²) in [6.07, 6.45) is 8.61. The first-order valence-corrected chi connectivity index (χ1v) is 14.6.